The van der Waals surface area contributed by atoms with E-state index in [0.717, 1.165) is 56.5 Å². The van der Waals surface area contributed by atoms with Crippen molar-refractivity contribution in [3.63, 3.8) is 0 Å². The summed E-state index contributed by atoms with van der Waals surface area (Å²) >= 11 is 0. The number of nitrogens with one attached hydrogen (secondary N) is 2. The Labute approximate surface area is 238 Å². The van der Waals surface area contributed by atoms with Crippen molar-refractivity contribution in [3.05, 3.63) is 30.0 Å². The molecule has 2 aromatic rings. The largest absolute Gasteiger partial charge is 0.495 e. The maximum atomic E-state index is 13.5. The number of ether oxygens (including phenoxy) is 1. The number of amides is 2. The molecule has 2 fully saturated rings. The lowest BCUT2D eigenvalue weighted by Crippen LogP contribution is -2.47. The number of aromatic nitrogens is 2. The number of hydrogen-bond acceptors (Lipinski definition) is 7. The van der Waals surface area contributed by atoms with Crippen molar-refractivity contribution in [2.45, 2.75) is 96.6 Å². The molecule has 2 heterocycles. The third kappa shape index (κ3) is 5.74. The zero-order valence-electron chi connectivity index (χ0n) is 24.5. The highest BCUT2D eigenvalue weighted by Gasteiger charge is 2.43. The minimum absolute atomic E-state index is 0.0761. The van der Waals surface area contributed by atoms with E-state index in [1.807, 2.05) is 13.1 Å². The van der Waals surface area contributed by atoms with Crippen LogP contribution in [0, 0.1) is 5.41 Å². The van der Waals surface area contributed by atoms with E-state index in [0.29, 0.717) is 35.5 Å². The number of carbonyl (C=O) groups is 2. The third-order valence-corrected chi connectivity index (χ3v) is 9.17. The molecule has 1 atom stereocenters. The Balaban J connectivity index is 1.42. The van der Waals surface area contributed by atoms with Crippen molar-refractivity contribution in [1.29, 1.82) is 0 Å². The van der Waals surface area contributed by atoms with Crippen molar-refractivity contribution in [2.24, 2.45) is 5.41 Å². The molecule has 40 heavy (non-hydrogen) atoms. The molecule has 1 aromatic heterocycles. The lowest BCUT2D eigenvalue weighted by Gasteiger charge is -2.38. The van der Waals surface area contributed by atoms with Gasteiger partial charge in [0.1, 0.15) is 11.4 Å². The van der Waals surface area contributed by atoms with Gasteiger partial charge in [-0.3, -0.25) is 9.59 Å². The van der Waals surface area contributed by atoms with Gasteiger partial charge in [0.15, 0.2) is 5.82 Å². The summed E-state index contributed by atoms with van der Waals surface area (Å²) in [5.41, 5.74) is 1.48. The van der Waals surface area contributed by atoms with Gasteiger partial charge in [-0.05, 0) is 57.2 Å². The number of nitrogens with zero attached hydrogens (tertiary/aromatic N) is 4. The van der Waals surface area contributed by atoms with Crippen molar-refractivity contribution in [1.82, 2.24) is 15.3 Å². The molecule has 2 aliphatic carbocycles. The average molecular weight is 549 g/mol. The van der Waals surface area contributed by atoms with Crippen LogP contribution in [-0.4, -0.2) is 54.6 Å². The number of rotatable bonds is 7. The number of hydrogen-bond donors (Lipinski definition) is 2. The van der Waals surface area contributed by atoms with Gasteiger partial charge in [0.25, 0.3) is 5.91 Å². The summed E-state index contributed by atoms with van der Waals surface area (Å²) in [7, 11) is 3.42. The van der Waals surface area contributed by atoms with Gasteiger partial charge in [0, 0.05) is 31.2 Å². The van der Waals surface area contributed by atoms with Crippen LogP contribution in [0.4, 0.5) is 23.1 Å². The van der Waals surface area contributed by atoms with E-state index in [1.54, 1.807) is 30.3 Å². The Hall–Kier alpha value is -3.36. The number of anilines is 4. The van der Waals surface area contributed by atoms with Gasteiger partial charge in [0.05, 0.1) is 24.4 Å². The normalized spacial score (nSPS) is 22.4. The third-order valence-electron chi connectivity index (χ3n) is 9.17. The van der Waals surface area contributed by atoms with E-state index in [2.05, 4.69) is 34.4 Å². The zero-order valence-corrected chi connectivity index (χ0v) is 24.5. The maximum absolute atomic E-state index is 13.5. The molecule has 2 amide bonds. The highest BCUT2D eigenvalue weighted by Crippen LogP contribution is 2.41. The average Bonchev–Trinajstić information content (AvgIpc) is 3.07. The van der Waals surface area contributed by atoms with E-state index < -0.39 is 5.41 Å². The standard InChI is InChI=1S/C31H44N6O3/c1-5-31(2)20-37(23-14-10-7-11-15-23)27-25(36(3)29(31)39)19-32-30(35-27)34-24-17-16-21(18-26(24)40-4)28(38)33-22-12-8-6-9-13-22/h16-19,22-23H,5-15,20H2,1-4H3,(H,33,38)(H,32,34,35)/t31-/m0/s1. The molecule has 216 valence electrons. The predicted octanol–water partition coefficient (Wildman–Crippen LogP) is 5.82. The Morgan fingerprint density at radius 3 is 2.48 bits per heavy atom. The van der Waals surface area contributed by atoms with Crippen LogP contribution in [0.1, 0.15) is 94.8 Å². The second-order valence-electron chi connectivity index (χ2n) is 11.9. The smallest absolute Gasteiger partial charge is 0.251 e. The Kier molecular flexibility index (Phi) is 8.47. The molecule has 0 saturated heterocycles. The Morgan fingerprint density at radius 2 is 1.80 bits per heavy atom. The second-order valence-corrected chi connectivity index (χ2v) is 11.9. The minimum atomic E-state index is -0.502. The summed E-state index contributed by atoms with van der Waals surface area (Å²) < 4.78 is 5.66. The molecule has 0 radical (unpaired) electrons. The highest BCUT2D eigenvalue weighted by atomic mass is 16.5. The van der Waals surface area contributed by atoms with E-state index in [1.165, 1.54) is 25.7 Å². The molecule has 1 aliphatic heterocycles. The molecule has 1 aromatic carbocycles. The van der Waals surface area contributed by atoms with Crippen molar-refractivity contribution >= 4 is 35.0 Å². The van der Waals surface area contributed by atoms with Crippen LogP contribution < -0.4 is 25.2 Å². The van der Waals surface area contributed by atoms with E-state index in [9.17, 15) is 9.59 Å². The quantitative estimate of drug-likeness (QED) is 0.450. The summed E-state index contributed by atoms with van der Waals surface area (Å²) in [6.45, 7) is 4.79. The summed E-state index contributed by atoms with van der Waals surface area (Å²) in [5.74, 6) is 1.79. The molecule has 3 aliphatic rings. The Bertz CT molecular complexity index is 1220. The lowest BCUT2D eigenvalue weighted by molar-refractivity contribution is -0.126. The van der Waals surface area contributed by atoms with Crippen LogP contribution in [0.2, 0.25) is 0 Å². The van der Waals surface area contributed by atoms with Gasteiger partial charge in [0.2, 0.25) is 11.9 Å². The van der Waals surface area contributed by atoms with Gasteiger partial charge in [-0.25, -0.2) is 4.98 Å². The monoisotopic (exact) mass is 548 g/mol. The molecule has 0 unspecified atom stereocenters. The van der Waals surface area contributed by atoms with Crippen LogP contribution in [0.5, 0.6) is 5.75 Å². The summed E-state index contributed by atoms with van der Waals surface area (Å²) in [6.07, 6.45) is 14.0. The molecular formula is C31H44N6O3. The SMILES string of the molecule is CC[C@@]1(C)CN(C2CCCCC2)c2nc(Nc3ccc(C(=O)NC4CCCCC4)cc3OC)ncc2N(C)C1=O. The molecule has 9 nitrogen and oxygen atoms in total. The summed E-state index contributed by atoms with van der Waals surface area (Å²) in [6, 6.07) is 5.99. The molecular weight excluding hydrogens is 504 g/mol. The molecule has 0 bridgehead atoms. The first-order valence-electron chi connectivity index (χ1n) is 15.0. The lowest BCUT2D eigenvalue weighted by atomic mass is 9.84. The van der Waals surface area contributed by atoms with Crippen LogP contribution in [0.15, 0.2) is 24.4 Å². The predicted molar refractivity (Wildman–Crippen MR) is 159 cm³/mol. The number of methoxy groups -OCH3 is 1. The first-order chi connectivity index (χ1) is 19.3. The fourth-order valence-electron chi connectivity index (χ4n) is 6.44. The van der Waals surface area contributed by atoms with Crippen LogP contribution >= 0.6 is 0 Å². The zero-order chi connectivity index (χ0) is 28.3. The Morgan fingerprint density at radius 1 is 1.10 bits per heavy atom. The molecule has 5 rings (SSSR count). The number of benzene rings is 1. The summed E-state index contributed by atoms with van der Waals surface area (Å²) in [5, 5.41) is 6.49. The minimum Gasteiger partial charge on any atom is -0.495 e. The molecule has 2 saturated carbocycles. The van der Waals surface area contributed by atoms with Gasteiger partial charge in [-0.1, -0.05) is 45.4 Å². The van der Waals surface area contributed by atoms with Crippen LogP contribution in [0.25, 0.3) is 0 Å². The van der Waals surface area contributed by atoms with Crippen molar-refractivity contribution < 1.29 is 14.3 Å². The highest BCUT2D eigenvalue weighted by molar-refractivity contribution is 6.01. The van der Waals surface area contributed by atoms with Crippen molar-refractivity contribution in [3.8, 4) is 5.75 Å². The van der Waals surface area contributed by atoms with Gasteiger partial charge >= 0.3 is 0 Å². The van der Waals surface area contributed by atoms with Crippen molar-refractivity contribution in [2.75, 3.05) is 35.8 Å². The first kappa shape index (κ1) is 28.2. The van der Waals surface area contributed by atoms with Crippen LogP contribution in [-0.2, 0) is 4.79 Å². The van der Waals surface area contributed by atoms with E-state index >= 15 is 0 Å². The van der Waals surface area contributed by atoms with Crippen LogP contribution in [0.3, 0.4) is 0 Å². The molecule has 0 spiro atoms. The van der Waals surface area contributed by atoms with Gasteiger partial charge in [-0.2, -0.15) is 4.98 Å². The van der Waals surface area contributed by atoms with Gasteiger partial charge < -0.3 is 25.2 Å². The maximum Gasteiger partial charge on any atom is 0.251 e. The number of carbonyl (C=O) groups excluding carboxylic acids is 2. The molecule has 2 N–H and O–H groups in total. The first-order valence-corrected chi connectivity index (χ1v) is 15.0. The fraction of sp³-hybridized carbons (Fsp3) is 0.613. The van der Waals surface area contributed by atoms with E-state index in [-0.39, 0.29) is 17.9 Å². The topological polar surface area (TPSA) is 99.7 Å². The summed E-state index contributed by atoms with van der Waals surface area (Å²) in [4.78, 5) is 40.1. The second kappa shape index (κ2) is 12.0. The fourth-order valence-corrected chi connectivity index (χ4v) is 6.44. The molecule has 9 heteroatoms. The van der Waals surface area contributed by atoms with E-state index in [4.69, 9.17) is 9.72 Å². The van der Waals surface area contributed by atoms with Gasteiger partial charge in [-0.15, -0.1) is 0 Å². The number of fused-ring (bicyclic) bond motifs is 1.